The highest BCUT2D eigenvalue weighted by molar-refractivity contribution is 9.10. The van der Waals surface area contributed by atoms with Crippen LogP contribution in [0.4, 0.5) is 11.5 Å². The number of nitrogens with two attached hydrogens (primary N) is 1. The molecule has 0 aliphatic carbocycles. The van der Waals surface area contributed by atoms with Gasteiger partial charge in [0.15, 0.2) is 0 Å². The van der Waals surface area contributed by atoms with Crippen molar-refractivity contribution in [3.05, 3.63) is 49.5 Å². The maximum Gasteiger partial charge on any atom is 0.275 e. The zero-order chi connectivity index (χ0) is 15.6. The van der Waals surface area contributed by atoms with Crippen LogP contribution in [0.3, 0.4) is 0 Å². The van der Waals surface area contributed by atoms with Gasteiger partial charge in [-0.3, -0.25) is 4.79 Å². The number of nitrogen functional groups attached to an aromatic ring is 1. The van der Waals surface area contributed by atoms with Crippen LogP contribution in [0.1, 0.15) is 10.5 Å². The molecule has 1 aromatic carbocycles. The van der Waals surface area contributed by atoms with Crippen molar-refractivity contribution in [2.45, 2.75) is 0 Å². The third kappa shape index (κ3) is 3.59. The number of hydrogen-bond acceptors (Lipinski definition) is 4. The van der Waals surface area contributed by atoms with Crippen molar-refractivity contribution in [2.75, 3.05) is 10.7 Å². The number of nitrogens with one attached hydrogen (secondary N) is 2. The molecule has 0 saturated carbocycles. The Kier molecular flexibility index (Phi) is 5.29. The molecule has 9 heteroatoms. The number of pyridine rings is 1. The van der Waals surface area contributed by atoms with E-state index in [1.165, 1.54) is 6.07 Å². The number of rotatable bonds is 3. The fourth-order valence-corrected chi connectivity index (χ4v) is 2.50. The average Bonchev–Trinajstić information content (AvgIpc) is 2.48. The largest absolute Gasteiger partial charge is 0.319 e. The highest BCUT2D eigenvalue weighted by Gasteiger charge is 2.16. The van der Waals surface area contributed by atoms with Gasteiger partial charge in [0, 0.05) is 4.47 Å². The molecule has 0 aliphatic heterocycles. The van der Waals surface area contributed by atoms with Crippen molar-refractivity contribution in [3.8, 4) is 0 Å². The second kappa shape index (κ2) is 6.81. The van der Waals surface area contributed by atoms with Crippen LogP contribution in [0.2, 0.25) is 15.1 Å². The van der Waals surface area contributed by atoms with Crippen molar-refractivity contribution < 1.29 is 4.79 Å². The summed E-state index contributed by atoms with van der Waals surface area (Å²) in [5, 5.41) is 3.29. The fraction of sp³-hybridized carbons (Fsp3) is 0. The predicted octanol–water partition coefficient (Wildman–Crippen LogP) is 4.34. The lowest BCUT2D eigenvalue weighted by Gasteiger charge is -2.10. The van der Waals surface area contributed by atoms with E-state index in [9.17, 15) is 4.79 Å². The number of anilines is 2. The Morgan fingerprint density at radius 3 is 2.52 bits per heavy atom. The fourth-order valence-electron chi connectivity index (χ4n) is 1.49. The number of hydrazine groups is 1. The number of hydrogen-bond donors (Lipinski definition) is 3. The van der Waals surface area contributed by atoms with E-state index in [2.05, 4.69) is 31.7 Å². The Balaban J connectivity index is 2.32. The summed E-state index contributed by atoms with van der Waals surface area (Å²) in [6.07, 6.45) is 0. The van der Waals surface area contributed by atoms with Crippen LogP contribution >= 0.6 is 50.7 Å². The molecule has 1 heterocycles. The molecule has 2 aromatic rings. The van der Waals surface area contributed by atoms with Crippen LogP contribution in [-0.2, 0) is 0 Å². The third-order valence-electron chi connectivity index (χ3n) is 2.49. The summed E-state index contributed by atoms with van der Waals surface area (Å²) >= 11 is 21.2. The first-order valence-electron chi connectivity index (χ1n) is 5.52. The van der Waals surface area contributed by atoms with Gasteiger partial charge in [-0.25, -0.2) is 10.8 Å². The van der Waals surface area contributed by atoms with E-state index in [1.807, 2.05) is 0 Å². The topological polar surface area (TPSA) is 80.0 Å². The van der Waals surface area contributed by atoms with E-state index in [1.54, 1.807) is 18.2 Å². The first-order chi connectivity index (χ1) is 9.93. The van der Waals surface area contributed by atoms with Crippen LogP contribution < -0.4 is 16.6 Å². The van der Waals surface area contributed by atoms with E-state index >= 15 is 0 Å². The number of amides is 1. The maximum atomic E-state index is 12.2. The second-order valence-corrected chi connectivity index (χ2v) is 5.87. The van der Waals surface area contributed by atoms with Gasteiger partial charge in [0.25, 0.3) is 5.91 Å². The van der Waals surface area contributed by atoms with Gasteiger partial charge in [0.1, 0.15) is 11.5 Å². The minimum Gasteiger partial charge on any atom is -0.319 e. The first-order valence-corrected chi connectivity index (χ1v) is 7.44. The van der Waals surface area contributed by atoms with Crippen molar-refractivity contribution in [1.82, 2.24) is 4.98 Å². The number of halogens is 4. The molecule has 0 spiro atoms. The average molecular weight is 410 g/mol. The Morgan fingerprint density at radius 1 is 1.14 bits per heavy atom. The van der Waals surface area contributed by atoms with E-state index in [0.29, 0.717) is 21.0 Å². The monoisotopic (exact) mass is 408 g/mol. The van der Waals surface area contributed by atoms with Gasteiger partial charge < -0.3 is 10.7 Å². The van der Waals surface area contributed by atoms with E-state index in [4.69, 9.17) is 40.6 Å². The van der Waals surface area contributed by atoms with Crippen molar-refractivity contribution in [2.24, 2.45) is 5.84 Å². The first kappa shape index (κ1) is 16.3. The van der Waals surface area contributed by atoms with E-state index < -0.39 is 5.91 Å². The molecule has 110 valence electrons. The number of carbonyl (C=O) groups is 1. The van der Waals surface area contributed by atoms with Gasteiger partial charge in [-0.05, 0) is 40.2 Å². The molecular weight excluding hydrogens is 402 g/mol. The quantitative estimate of drug-likeness (QED) is 0.399. The minimum absolute atomic E-state index is 0.0159. The Hall–Kier alpha value is -1.05. The summed E-state index contributed by atoms with van der Waals surface area (Å²) in [6.45, 7) is 0. The Labute approximate surface area is 143 Å². The number of carbonyl (C=O) groups excluding carboxylic acids is 1. The summed E-state index contributed by atoms with van der Waals surface area (Å²) in [6, 6.07) is 6.32. The summed E-state index contributed by atoms with van der Waals surface area (Å²) in [5.41, 5.74) is 2.70. The van der Waals surface area contributed by atoms with Crippen molar-refractivity contribution >= 4 is 68.1 Å². The van der Waals surface area contributed by atoms with Gasteiger partial charge in [-0.1, -0.05) is 34.8 Å². The smallest absolute Gasteiger partial charge is 0.275 e. The van der Waals surface area contributed by atoms with Crippen LogP contribution in [0.5, 0.6) is 0 Å². The molecule has 0 bridgehead atoms. The Bertz CT molecular complexity index is 711. The van der Waals surface area contributed by atoms with Crippen LogP contribution in [-0.4, -0.2) is 10.9 Å². The summed E-state index contributed by atoms with van der Waals surface area (Å²) < 4.78 is 0.623. The van der Waals surface area contributed by atoms with Crippen molar-refractivity contribution in [1.29, 1.82) is 0 Å². The number of benzene rings is 1. The SMILES string of the molecule is NNc1ccc(Cl)c(C(=O)Nc2ccc(Br)c(Cl)c2Cl)n1. The van der Waals surface area contributed by atoms with Gasteiger partial charge in [-0.15, -0.1) is 0 Å². The highest BCUT2D eigenvalue weighted by atomic mass is 79.9. The molecule has 0 fully saturated rings. The second-order valence-electron chi connectivity index (χ2n) is 3.85. The van der Waals surface area contributed by atoms with Crippen LogP contribution in [0, 0.1) is 0 Å². The predicted molar refractivity (Wildman–Crippen MR) is 89.2 cm³/mol. The van der Waals surface area contributed by atoms with Crippen LogP contribution in [0.25, 0.3) is 0 Å². The van der Waals surface area contributed by atoms with Gasteiger partial charge in [-0.2, -0.15) is 0 Å². The standard InChI is InChI=1S/C12H8BrCl3N4O/c13-5-1-3-7(10(16)9(5)15)18-12(21)11-6(14)2-4-8(19-11)20-17/h1-4H,17H2,(H,18,21)(H,19,20). The molecular formula is C12H8BrCl3N4O. The zero-order valence-corrected chi connectivity index (χ0v) is 14.1. The lowest BCUT2D eigenvalue weighted by molar-refractivity contribution is 0.102. The summed E-state index contributed by atoms with van der Waals surface area (Å²) in [4.78, 5) is 16.2. The van der Waals surface area contributed by atoms with E-state index in [-0.39, 0.29) is 15.7 Å². The van der Waals surface area contributed by atoms with Gasteiger partial charge in [0.05, 0.1) is 20.8 Å². The third-order valence-corrected chi connectivity index (χ3v) is 4.57. The number of aromatic nitrogens is 1. The van der Waals surface area contributed by atoms with Crippen LogP contribution in [0.15, 0.2) is 28.7 Å². The maximum absolute atomic E-state index is 12.2. The highest BCUT2D eigenvalue weighted by Crippen LogP contribution is 2.36. The minimum atomic E-state index is -0.530. The van der Waals surface area contributed by atoms with Crippen molar-refractivity contribution in [3.63, 3.8) is 0 Å². The lowest BCUT2D eigenvalue weighted by Crippen LogP contribution is -2.17. The summed E-state index contributed by atoms with van der Waals surface area (Å²) in [7, 11) is 0. The lowest BCUT2D eigenvalue weighted by atomic mass is 10.3. The molecule has 1 aromatic heterocycles. The molecule has 0 atom stereocenters. The van der Waals surface area contributed by atoms with Gasteiger partial charge in [0.2, 0.25) is 0 Å². The molecule has 0 radical (unpaired) electrons. The normalized spacial score (nSPS) is 10.3. The Morgan fingerprint density at radius 2 is 1.86 bits per heavy atom. The molecule has 0 unspecified atom stereocenters. The molecule has 5 nitrogen and oxygen atoms in total. The molecule has 0 aliphatic rings. The van der Waals surface area contributed by atoms with E-state index in [0.717, 1.165) is 0 Å². The molecule has 21 heavy (non-hydrogen) atoms. The molecule has 1 amide bonds. The summed E-state index contributed by atoms with van der Waals surface area (Å²) in [5.74, 6) is 5.03. The molecule has 0 saturated heterocycles. The van der Waals surface area contributed by atoms with Gasteiger partial charge >= 0.3 is 0 Å². The number of nitrogens with zero attached hydrogens (tertiary/aromatic N) is 1. The zero-order valence-electron chi connectivity index (χ0n) is 10.3. The molecule has 4 N–H and O–H groups in total. The molecule has 2 rings (SSSR count).